The molecule has 0 amide bonds. The molecule has 0 spiro atoms. The monoisotopic (exact) mass is 281 g/mol. The van der Waals surface area contributed by atoms with Crippen LogP contribution < -0.4 is 0 Å². The standard InChI is InChI=1S/C10H20BrNOS/c1-10(2)8-12(4-5-14-3)7-9(6-11)13-10/h9H,4-8H2,1-3H3. The third-order valence-corrected chi connectivity index (χ3v) is 3.65. The maximum absolute atomic E-state index is 5.94. The van der Waals surface area contributed by atoms with Crippen LogP contribution in [0.5, 0.6) is 0 Å². The second-order valence-electron chi connectivity index (χ2n) is 4.38. The van der Waals surface area contributed by atoms with E-state index in [2.05, 4.69) is 40.9 Å². The first-order valence-electron chi connectivity index (χ1n) is 5.02. The highest BCUT2D eigenvalue weighted by molar-refractivity contribution is 9.09. The Balaban J connectivity index is 2.43. The number of hydrogen-bond donors (Lipinski definition) is 0. The SMILES string of the molecule is CSCCN1CC(CBr)OC(C)(C)C1. The fourth-order valence-electron chi connectivity index (χ4n) is 1.89. The van der Waals surface area contributed by atoms with Gasteiger partial charge in [-0.25, -0.2) is 0 Å². The van der Waals surface area contributed by atoms with Crippen molar-refractivity contribution in [2.45, 2.75) is 25.6 Å². The normalized spacial score (nSPS) is 27.9. The summed E-state index contributed by atoms with van der Waals surface area (Å²) in [5.74, 6) is 1.21. The third-order valence-electron chi connectivity index (χ3n) is 2.34. The van der Waals surface area contributed by atoms with E-state index in [9.17, 15) is 0 Å². The van der Waals surface area contributed by atoms with E-state index in [0.29, 0.717) is 6.10 Å². The molecule has 0 aromatic heterocycles. The molecule has 1 atom stereocenters. The van der Waals surface area contributed by atoms with Gasteiger partial charge in [-0.2, -0.15) is 11.8 Å². The van der Waals surface area contributed by atoms with Gasteiger partial charge in [-0.15, -0.1) is 0 Å². The van der Waals surface area contributed by atoms with Crippen LogP contribution in [0.25, 0.3) is 0 Å². The van der Waals surface area contributed by atoms with Crippen LogP contribution in [0.1, 0.15) is 13.8 Å². The molecule has 0 aromatic carbocycles. The van der Waals surface area contributed by atoms with Crippen molar-refractivity contribution in [2.24, 2.45) is 0 Å². The van der Waals surface area contributed by atoms with Gasteiger partial charge in [0.25, 0.3) is 0 Å². The van der Waals surface area contributed by atoms with E-state index in [-0.39, 0.29) is 5.60 Å². The molecule has 4 heteroatoms. The van der Waals surface area contributed by atoms with Crippen LogP contribution in [0.2, 0.25) is 0 Å². The van der Waals surface area contributed by atoms with Gasteiger partial charge in [-0.1, -0.05) is 15.9 Å². The smallest absolute Gasteiger partial charge is 0.0806 e. The molecule has 1 unspecified atom stereocenters. The van der Waals surface area contributed by atoms with Crippen LogP contribution in [-0.2, 0) is 4.74 Å². The Hall–Kier alpha value is 0.750. The summed E-state index contributed by atoms with van der Waals surface area (Å²) >= 11 is 5.41. The Morgan fingerprint density at radius 2 is 2.29 bits per heavy atom. The van der Waals surface area contributed by atoms with Crippen LogP contribution in [0, 0.1) is 0 Å². The summed E-state index contributed by atoms with van der Waals surface area (Å²) in [6.45, 7) is 7.64. The molecule has 1 fully saturated rings. The molecular weight excluding hydrogens is 262 g/mol. The largest absolute Gasteiger partial charge is 0.369 e. The van der Waals surface area contributed by atoms with E-state index in [4.69, 9.17) is 4.74 Å². The Morgan fingerprint density at radius 1 is 1.57 bits per heavy atom. The van der Waals surface area contributed by atoms with Gasteiger partial charge < -0.3 is 4.74 Å². The minimum Gasteiger partial charge on any atom is -0.369 e. The van der Waals surface area contributed by atoms with Crippen LogP contribution >= 0.6 is 27.7 Å². The molecule has 84 valence electrons. The lowest BCUT2D eigenvalue weighted by Crippen LogP contribution is -2.53. The zero-order valence-corrected chi connectivity index (χ0v) is 11.7. The van der Waals surface area contributed by atoms with Crippen molar-refractivity contribution in [1.82, 2.24) is 4.90 Å². The first kappa shape index (κ1) is 12.8. The van der Waals surface area contributed by atoms with E-state index in [1.54, 1.807) is 0 Å². The maximum atomic E-state index is 5.94. The van der Waals surface area contributed by atoms with E-state index in [0.717, 1.165) is 18.4 Å². The topological polar surface area (TPSA) is 12.5 Å². The molecule has 0 aliphatic carbocycles. The van der Waals surface area contributed by atoms with Crippen LogP contribution in [0.3, 0.4) is 0 Å². The zero-order chi connectivity index (χ0) is 10.6. The highest BCUT2D eigenvalue weighted by Gasteiger charge is 2.32. The zero-order valence-electron chi connectivity index (χ0n) is 9.25. The molecule has 1 aliphatic rings. The third kappa shape index (κ3) is 4.09. The lowest BCUT2D eigenvalue weighted by Gasteiger charge is -2.42. The number of halogens is 1. The van der Waals surface area contributed by atoms with Crippen LogP contribution in [0.15, 0.2) is 0 Å². The predicted octanol–water partition coefficient (Wildman–Crippen LogP) is 2.22. The molecule has 0 aromatic rings. The summed E-state index contributed by atoms with van der Waals surface area (Å²) in [7, 11) is 0. The minimum atomic E-state index is 0.00902. The molecule has 0 radical (unpaired) electrons. The van der Waals surface area contributed by atoms with Crippen molar-refractivity contribution >= 4 is 27.7 Å². The van der Waals surface area contributed by atoms with Gasteiger partial charge in [0, 0.05) is 30.7 Å². The highest BCUT2D eigenvalue weighted by atomic mass is 79.9. The number of hydrogen-bond acceptors (Lipinski definition) is 3. The number of alkyl halides is 1. The molecule has 1 saturated heterocycles. The van der Waals surface area contributed by atoms with E-state index in [1.165, 1.54) is 12.3 Å². The molecule has 14 heavy (non-hydrogen) atoms. The van der Waals surface area contributed by atoms with Gasteiger partial charge >= 0.3 is 0 Å². The lowest BCUT2D eigenvalue weighted by atomic mass is 10.1. The average molecular weight is 282 g/mol. The van der Waals surface area contributed by atoms with Crippen molar-refractivity contribution in [3.63, 3.8) is 0 Å². The first-order chi connectivity index (χ1) is 6.57. The highest BCUT2D eigenvalue weighted by Crippen LogP contribution is 2.21. The predicted molar refractivity (Wildman–Crippen MR) is 67.6 cm³/mol. The molecule has 2 nitrogen and oxygen atoms in total. The molecule has 1 rings (SSSR count). The number of thioether (sulfide) groups is 1. The number of nitrogens with zero attached hydrogens (tertiary/aromatic N) is 1. The first-order valence-corrected chi connectivity index (χ1v) is 7.54. The van der Waals surface area contributed by atoms with Crippen LogP contribution in [-0.4, -0.2) is 53.6 Å². The van der Waals surface area contributed by atoms with E-state index >= 15 is 0 Å². The quantitative estimate of drug-likeness (QED) is 0.734. The molecule has 1 aliphatic heterocycles. The lowest BCUT2D eigenvalue weighted by molar-refractivity contribution is -0.125. The van der Waals surface area contributed by atoms with Crippen molar-refractivity contribution in [1.29, 1.82) is 0 Å². The number of ether oxygens (including phenoxy) is 1. The minimum absolute atomic E-state index is 0.00902. The van der Waals surface area contributed by atoms with Gasteiger partial charge in [0.1, 0.15) is 0 Å². The van der Waals surface area contributed by atoms with Crippen molar-refractivity contribution in [3.05, 3.63) is 0 Å². The summed E-state index contributed by atoms with van der Waals surface area (Å²) in [5, 5.41) is 0.937. The van der Waals surface area contributed by atoms with E-state index < -0.39 is 0 Å². The Bertz CT molecular complexity index is 178. The van der Waals surface area contributed by atoms with Gasteiger partial charge in [0.15, 0.2) is 0 Å². The fourth-order valence-corrected chi connectivity index (χ4v) is 2.67. The molecule has 0 saturated carbocycles. The van der Waals surface area contributed by atoms with Gasteiger partial charge in [-0.05, 0) is 20.1 Å². The van der Waals surface area contributed by atoms with Crippen molar-refractivity contribution in [3.8, 4) is 0 Å². The summed E-state index contributed by atoms with van der Waals surface area (Å²) in [4.78, 5) is 2.51. The van der Waals surface area contributed by atoms with Gasteiger partial charge in [-0.3, -0.25) is 4.90 Å². The maximum Gasteiger partial charge on any atom is 0.0806 e. The number of rotatable bonds is 4. The second kappa shape index (κ2) is 5.73. The fraction of sp³-hybridized carbons (Fsp3) is 1.00. The number of morpholine rings is 1. The summed E-state index contributed by atoms with van der Waals surface area (Å²) in [6, 6.07) is 0. The summed E-state index contributed by atoms with van der Waals surface area (Å²) < 4.78 is 5.94. The summed E-state index contributed by atoms with van der Waals surface area (Å²) in [5.41, 5.74) is 0.00902. The molecular formula is C10H20BrNOS. The van der Waals surface area contributed by atoms with Crippen molar-refractivity contribution in [2.75, 3.05) is 37.0 Å². The second-order valence-corrected chi connectivity index (χ2v) is 6.01. The van der Waals surface area contributed by atoms with Crippen molar-refractivity contribution < 1.29 is 4.74 Å². The van der Waals surface area contributed by atoms with Gasteiger partial charge in [0.05, 0.1) is 11.7 Å². The molecule has 1 heterocycles. The van der Waals surface area contributed by atoms with E-state index in [1.807, 2.05) is 11.8 Å². The van der Waals surface area contributed by atoms with Crippen LogP contribution in [0.4, 0.5) is 0 Å². The molecule has 0 N–H and O–H groups in total. The average Bonchev–Trinajstić information content (AvgIpc) is 2.12. The Morgan fingerprint density at radius 3 is 2.86 bits per heavy atom. The summed E-state index contributed by atoms with van der Waals surface area (Å²) in [6.07, 6.45) is 2.51. The molecule has 0 bridgehead atoms. The Labute approximate surface area is 99.9 Å². The van der Waals surface area contributed by atoms with Gasteiger partial charge in [0.2, 0.25) is 0 Å². The Kier molecular flexibility index (Phi) is 5.25.